The van der Waals surface area contributed by atoms with Crippen LogP contribution in [0.15, 0.2) is 35.3 Å². The van der Waals surface area contributed by atoms with Gasteiger partial charge in [0.05, 0.1) is 12.8 Å². The van der Waals surface area contributed by atoms with E-state index in [1.54, 1.807) is 19.4 Å². The van der Waals surface area contributed by atoms with Crippen molar-refractivity contribution in [2.45, 2.75) is 13.8 Å². The molecule has 20 heavy (non-hydrogen) atoms. The van der Waals surface area contributed by atoms with Crippen molar-refractivity contribution in [1.82, 2.24) is 0 Å². The lowest BCUT2D eigenvalue weighted by atomic mass is 10.0. The Balaban J connectivity index is 2.33. The minimum absolute atomic E-state index is 0.182. The predicted molar refractivity (Wildman–Crippen MR) is 82.8 cm³/mol. The third kappa shape index (κ3) is 2.94. The van der Waals surface area contributed by atoms with Gasteiger partial charge in [-0.2, -0.15) is 0 Å². The fourth-order valence-electron chi connectivity index (χ4n) is 1.92. The molecule has 0 aliphatic rings. The predicted octanol–water partition coefficient (Wildman–Crippen LogP) is 4.42. The van der Waals surface area contributed by atoms with Gasteiger partial charge in [0.15, 0.2) is 0 Å². The summed E-state index contributed by atoms with van der Waals surface area (Å²) < 4.78 is 5.09. The van der Waals surface area contributed by atoms with Crippen molar-refractivity contribution in [2.75, 3.05) is 7.11 Å². The van der Waals surface area contributed by atoms with Gasteiger partial charge < -0.3 is 9.84 Å². The highest BCUT2D eigenvalue weighted by atomic mass is 35.5. The highest BCUT2D eigenvalue weighted by Crippen LogP contribution is 2.30. The van der Waals surface area contributed by atoms with Crippen LogP contribution in [0.4, 0.5) is 5.69 Å². The van der Waals surface area contributed by atoms with E-state index in [1.807, 2.05) is 38.1 Å². The molecule has 0 atom stereocenters. The van der Waals surface area contributed by atoms with E-state index in [0.717, 1.165) is 22.6 Å². The smallest absolute Gasteiger partial charge is 0.124 e. The van der Waals surface area contributed by atoms with Gasteiger partial charge in [0.1, 0.15) is 11.5 Å². The van der Waals surface area contributed by atoms with Crippen molar-refractivity contribution >= 4 is 23.5 Å². The lowest BCUT2D eigenvalue weighted by molar-refractivity contribution is 0.415. The zero-order valence-electron chi connectivity index (χ0n) is 11.6. The number of aryl methyl sites for hydroxylation is 1. The van der Waals surface area contributed by atoms with E-state index in [2.05, 4.69) is 4.99 Å². The summed E-state index contributed by atoms with van der Waals surface area (Å²) in [5.41, 5.74) is 3.09. The number of rotatable bonds is 3. The summed E-state index contributed by atoms with van der Waals surface area (Å²) in [4.78, 5) is 4.35. The Morgan fingerprint density at radius 1 is 1.20 bits per heavy atom. The maximum Gasteiger partial charge on any atom is 0.124 e. The Hall–Kier alpha value is -2.00. The van der Waals surface area contributed by atoms with Crippen LogP contribution in [0.1, 0.15) is 16.7 Å². The highest BCUT2D eigenvalue weighted by molar-refractivity contribution is 6.32. The molecule has 0 bridgehead atoms. The van der Waals surface area contributed by atoms with E-state index >= 15 is 0 Å². The van der Waals surface area contributed by atoms with Gasteiger partial charge in [-0.1, -0.05) is 11.6 Å². The number of hydrogen-bond donors (Lipinski definition) is 1. The molecule has 0 saturated heterocycles. The monoisotopic (exact) mass is 289 g/mol. The Kier molecular flexibility index (Phi) is 4.30. The van der Waals surface area contributed by atoms with Crippen LogP contribution in [0.3, 0.4) is 0 Å². The first-order chi connectivity index (χ1) is 9.52. The van der Waals surface area contributed by atoms with Gasteiger partial charge in [0, 0.05) is 16.8 Å². The second-order valence-electron chi connectivity index (χ2n) is 4.52. The van der Waals surface area contributed by atoms with Gasteiger partial charge in [-0.3, -0.25) is 4.99 Å². The molecule has 0 fully saturated rings. The number of aromatic hydroxyl groups is 1. The molecule has 2 aromatic carbocycles. The van der Waals surface area contributed by atoms with Crippen molar-refractivity contribution in [3.63, 3.8) is 0 Å². The van der Waals surface area contributed by atoms with E-state index in [1.165, 1.54) is 0 Å². The topological polar surface area (TPSA) is 41.8 Å². The fourth-order valence-corrected chi connectivity index (χ4v) is 2.08. The molecular formula is C16H16ClNO2. The first-order valence-electron chi connectivity index (χ1n) is 6.19. The standard InChI is InChI=1S/C16H16ClNO2/c1-10-8-15(19)14(11(2)16(10)17)9-18-12-4-6-13(20-3)7-5-12/h4-9,19H,1-3H3. The normalized spacial score (nSPS) is 11.0. The molecule has 2 aromatic rings. The number of ether oxygens (including phenoxy) is 1. The van der Waals surface area contributed by atoms with Crippen molar-refractivity contribution in [3.05, 3.63) is 52.0 Å². The van der Waals surface area contributed by atoms with Crippen LogP contribution in [0, 0.1) is 13.8 Å². The molecule has 0 unspecified atom stereocenters. The lowest BCUT2D eigenvalue weighted by Crippen LogP contribution is -1.92. The summed E-state index contributed by atoms with van der Waals surface area (Å²) in [7, 11) is 1.62. The molecule has 0 aliphatic heterocycles. The number of methoxy groups -OCH3 is 1. The summed E-state index contributed by atoms with van der Waals surface area (Å²) in [5.74, 6) is 0.961. The third-order valence-corrected chi connectivity index (χ3v) is 3.71. The van der Waals surface area contributed by atoms with E-state index in [9.17, 15) is 5.11 Å². The van der Waals surface area contributed by atoms with E-state index in [0.29, 0.717) is 10.6 Å². The summed E-state index contributed by atoms with van der Waals surface area (Å²) in [5, 5.41) is 10.6. The summed E-state index contributed by atoms with van der Waals surface area (Å²) in [6.45, 7) is 3.73. The van der Waals surface area contributed by atoms with Crippen LogP contribution >= 0.6 is 11.6 Å². The van der Waals surface area contributed by atoms with Crippen LogP contribution in [-0.2, 0) is 0 Å². The lowest BCUT2D eigenvalue weighted by Gasteiger charge is -2.08. The van der Waals surface area contributed by atoms with Crippen LogP contribution in [-0.4, -0.2) is 18.4 Å². The van der Waals surface area contributed by atoms with Crippen molar-refractivity contribution in [2.24, 2.45) is 4.99 Å². The van der Waals surface area contributed by atoms with Gasteiger partial charge in [0.25, 0.3) is 0 Å². The Labute approximate surface area is 123 Å². The number of phenols is 1. The van der Waals surface area contributed by atoms with Gasteiger partial charge in [0.2, 0.25) is 0 Å². The Morgan fingerprint density at radius 2 is 1.85 bits per heavy atom. The molecule has 0 radical (unpaired) electrons. The van der Waals surface area contributed by atoms with Crippen LogP contribution in [0.2, 0.25) is 5.02 Å². The summed E-state index contributed by atoms with van der Waals surface area (Å²) in [6, 6.07) is 9.00. The van der Waals surface area contributed by atoms with Crippen molar-refractivity contribution in [1.29, 1.82) is 0 Å². The minimum atomic E-state index is 0.182. The molecule has 0 aromatic heterocycles. The molecule has 0 amide bonds. The molecule has 104 valence electrons. The van der Waals surface area contributed by atoms with E-state index in [4.69, 9.17) is 16.3 Å². The Morgan fingerprint density at radius 3 is 2.45 bits per heavy atom. The first-order valence-corrected chi connectivity index (χ1v) is 6.57. The highest BCUT2D eigenvalue weighted by Gasteiger charge is 2.09. The van der Waals surface area contributed by atoms with Gasteiger partial charge in [-0.25, -0.2) is 0 Å². The second-order valence-corrected chi connectivity index (χ2v) is 4.90. The molecule has 2 rings (SSSR count). The molecule has 0 saturated carbocycles. The number of phenolic OH excluding ortho intramolecular Hbond substituents is 1. The quantitative estimate of drug-likeness (QED) is 0.850. The number of halogens is 1. The average molecular weight is 290 g/mol. The number of benzene rings is 2. The van der Waals surface area contributed by atoms with Crippen LogP contribution in [0.5, 0.6) is 11.5 Å². The summed E-state index contributed by atoms with van der Waals surface area (Å²) >= 11 is 6.19. The number of aliphatic imine (C=N–C) groups is 1. The Bertz CT molecular complexity index is 649. The van der Waals surface area contributed by atoms with Crippen LogP contribution < -0.4 is 4.74 Å². The number of nitrogens with zero attached hydrogens (tertiary/aromatic N) is 1. The maximum atomic E-state index is 9.99. The maximum absolute atomic E-state index is 9.99. The average Bonchev–Trinajstić information content (AvgIpc) is 2.45. The zero-order valence-corrected chi connectivity index (χ0v) is 12.4. The summed E-state index contributed by atoms with van der Waals surface area (Å²) in [6.07, 6.45) is 1.62. The molecule has 3 nitrogen and oxygen atoms in total. The van der Waals surface area contributed by atoms with Crippen molar-refractivity contribution < 1.29 is 9.84 Å². The van der Waals surface area contributed by atoms with Crippen molar-refractivity contribution in [3.8, 4) is 11.5 Å². The zero-order chi connectivity index (χ0) is 14.7. The molecular weight excluding hydrogens is 274 g/mol. The van der Waals surface area contributed by atoms with E-state index in [-0.39, 0.29) is 5.75 Å². The fraction of sp³-hybridized carbons (Fsp3) is 0.188. The van der Waals surface area contributed by atoms with Gasteiger partial charge in [-0.05, 0) is 55.3 Å². The van der Waals surface area contributed by atoms with Crippen LogP contribution in [0.25, 0.3) is 0 Å². The third-order valence-electron chi connectivity index (χ3n) is 3.12. The van der Waals surface area contributed by atoms with Gasteiger partial charge in [-0.15, -0.1) is 0 Å². The largest absolute Gasteiger partial charge is 0.507 e. The second kappa shape index (κ2) is 5.97. The molecule has 4 heteroatoms. The van der Waals surface area contributed by atoms with Gasteiger partial charge >= 0.3 is 0 Å². The number of hydrogen-bond acceptors (Lipinski definition) is 3. The molecule has 0 spiro atoms. The molecule has 1 N–H and O–H groups in total. The molecule has 0 aliphatic carbocycles. The minimum Gasteiger partial charge on any atom is -0.507 e. The van der Waals surface area contributed by atoms with E-state index < -0.39 is 0 Å². The molecule has 0 heterocycles. The first kappa shape index (κ1) is 14.4. The SMILES string of the molecule is COc1ccc(N=Cc2c(O)cc(C)c(Cl)c2C)cc1.